The number of thioether (sulfide) groups is 1. The first-order chi connectivity index (χ1) is 68.8. The lowest BCUT2D eigenvalue weighted by atomic mass is 9.99. The molecule has 143 heavy (non-hydrogen) atoms. The minimum atomic E-state index is -0.529. The number of allylic oxidation sites excluding steroid dienone is 3. The molecule has 0 radical (unpaired) electrons. The van der Waals surface area contributed by atoms with Crippen molar-refractivity contribution in [1.29, 1.82) is 5.26 Å². The van der Waals surface area contributed by atoms with E-state index in [1.807, 2.05) is 243 Å². The molecule has 0 saturated carbocycles. The maximum Gasteiger partial charge on any atom is 0.373 e. The number of nitrogen functional groups attached to an aromatic ring is 1. The maximum absolute atomic E-state index is 12.8. The zero-order valence-corrected chi connectivity index (χ0v) is 83.8. The molecule has 0 spiro atoms. The van der Waals surface area contributed by atoms with Gasteiger partial charge in [0.2, 0.25) is 0 Å². The number of fused-ring (bicyclic) bond motifs is 6. The lowest BCUT2D eigenvalue weighted by molar-refractivity contribution is -0.191. The van der Waals surface area contributed by atoms with Gasteiger partial charge in [0.1, 0.15) is 41.2 Å². The number of benzene rings is 12. The molecule has 0 aliphatic carbocycles. The summed E-state index contributed by atoms with van der Waals surface area (Å²) < 4.78 is 29.3. The number of nitrogens with zero attached hydrogens (tertiary/aromatic N) is 7. The molecule has 18 rings (SSSR count). The van der Waals surface area contributed by atoms with Crippen LogP contribution in [-0.4, -0.2) is 96.9 Å². The molecule has 6 heterocycles. The molecule has 4 aliphatic heterocycles. The quantitative estimate of drug-likeness (QED) is 0.0393. The first-order valence-corrected chi connectivity index (χ1v) is 47.4. The Hall–Kier alpha value is -17.2. The van der Waals surface area contributed by atoms with Gasteiger partial charge in [0, 0.05) is 46.9 Å². The fraction of sp³-hybridized carbons (Fsp3) is 0.179. The minimum Gasteiger partial charge on any atom is -0.496 e. The number of aryl methyl sites for hydroxylation is 9. The summed E-state index contributed by atoms with van der Waals surface area (Å²) in [5.74, 6) is 5.02. The Balaban J connectivity index is 0.000000152. The molecule has 4 amide bonds. The summed E-state index contributed by atoms with van der Waals surface area (Å²) in [7, 11) is 3.25. The molecule has 12 aromatic carbocycles. The van der Waals surface area contributed by atoms with E-state index in [4.69, 9.17) is 45.2 Å². The van der Waals surface area contributed by atoms with Gasteiger partial charge in [-0.15, -0.1) is 22.9 Å². The number of nitriles is 1. The summed E-state index contributed by atoms with van der Waals surface area (Å²) in [5.41, 5.74) is 32.5. The highest BCUT2D eigenvalue weighted by Gasteiger charge is 2.30. The molecule has 0 unspecified atom stereocenters. The van der Waals surface area contributed by atoms with Crippen molar-refractivity contribution in [2.45, 2.75) is 101 Å². The van der Waals surface area contributed by atoms with Gasteiger partial charge in [-0.1, -0.05) is 158 Å². The van der Waals surface area contributed by atoms with E-state index in [1.165, 1.54) is 37.8 Å². The zero-order chi connectivity index (χ0) is 103. The average molecular weight is 1950 g/mol. The second kappa shape index (κ2) is 48.9. The van der Waals surface area contributed by atoms with Crippen molar-refractivity contribution in [3.8, 4) is 41.4 Å². The summed E-state index contributed by atoms with van der Waals surface area (Å²) in [6.45, 7) is 27.6. The zero-order valence-electron chi connectivity index (χ0n) is 82.2. The molecule has 24 nitrogen and oxygen atoms in total. The highest BCUT2D eigenvalue weighted by atomic mass is 32.2. The summed E-state index contributed by atoms with van der Waals surface area (Å²) in [6.07, 6.45) is 21.5. The number of aromatic nitrogens is 2. The first kappa shape index (κ1) is 105. The van der Waals surface area contributed by atoms with Crippen LogP contribution in [0.2, 0.25) is 0 Å². The Kier molecular flexibility index (Phi) is 35.8. The number of anilines is 6. The van der Waals surface area contributed by atoms with Crippen LogP contribution in [0.5, 0.6) is 23.0 Å². The predicted molar refractivity (Wildman–Crippen MR) is 572 cm³/mol. The lowest BCUT2D eigenvalue weighted by Crippen LogP contribution is -2.28. The molecular weight excluding hydrogens is 1840 g/mol. The van der Waals surface area contributed by atoms with Crippen LogP contribution in [0.1, 0.15) is 124 Å². The minimum absolute atomic E-state index is 0.00863. The number of terminal acetylenes is 1. The SMILES string of the molecule is C#CCOc1ccc(/C=C/C(=O)N2CCc3cccc(N)c32)cc1C.COc1c(/C(C)=C/C(=O)n2oc(=O)c3ccccc32)ccc(C)c1C.COc1cc(/C=C(\C)C(=O)n2sc(=O)c3ccccc32)cc(C)c1C.Cc1ccc(/C=C(\C#N)C(=O)N2CSc3ccccc32)cc1C.Cc1ccc(/C=C/C(=O)N2CNc3ccccc32)cc1C.Cc1ccc(/C=C/C(=O)N2COc3ccccc32)cc1C.O=C=O. The van der Waals surface area contributed by atoms with E-state index in [2.05, 4.69) is 69.3 Å². The normalized spacial score (nSPS) is 12.5. The summed E-state index contributed by atoms with van der Waals surface area (Å²) >= 11 is 2.55. The van der Waals surface area contributed by atoms with Crippen molar-refractivity contribution in [1.82, 2.24) is 8.70 Å². The van der Waals surface area contributed by atoms with Gasteiger partial charge < -0.3 is 39.4 Å². The van der Waals surface area contributed by atoms with Gasteiger partial charge in [-0.25, -0.2) is 8.75 Å². The standard InChI is InChI=1S/C21H20N2O2.C20H19NO4.C20H19NO3S.C19H16N2OS.C18H18N2O.C18H17NO2.CO2/c1-3-13-25-19-9-7-16(14-15(19)2)8-10-20(24)23-12-11-17-5-4-6-18(22)21(17)23;1-12-9-10-15(19(24-4)14(12)3)13(2)11-18(22)21-17-8-6-5-7-16(17)20(23)25-21;1-12-9-15(11-18(24-4)14(12)3)10-13(2)19(22)21-17-8-6-5-7-16(17)20(23)25-21;1-13-7-8-15(9-14(13)2)10-16(11-20)19(22)21-12-23-18-6-4-3-5-17(18)21;1-13-7-8-15(11-14(13)2)9-10-18(21)20-12-19-16-5-3-4-6-17(16)20;1-13-7-8-15(11-14(13)2)9-10-18(20)19-12-21-17-6-4-3-5-16(17)19;2-1-3/h1,4-10,14H,11-13,22H2,2H3;2*5-11H,1-4H3;3-10H,12H2,1-2H3;3-11,19H,12H2,1-2H3;3-11H,12H2,1-2H3;/b10-8+;13-11+;13-10+;16-10+;2*10-9+;. The van der Waals surface area contributed by atoms with Gasteiger partial charge in [-0.3, -0.25) is 48.3 Å². The van der Waals surface area contributed by atoms with E-state index in [0.717, 1.165) is 157 Å². The highest BCUT2D eigenvalue weighted by Crippen LogP contribution is 2.41. The number of ether oxygens (including phenoxy) is 4. The Morgan fingerprint density at radius 2 is 1.07 bits per heavy atom. The van der Waals surface area contributed by atoms with Gasteiger partial charge >= 0.3 is 11.8 Å². The smallest absolute Gasteiger partial charge is 0.373 e. The van der Waals surface area contributed by atoms with Gasteiger partial charge in [0.25, 0.3) is 40.2 Å². The van der Waals surface area contributed by atoms with Gasteiger partial charge in [0.15, 0.2) is 6.73 Å². The second-order valence-electron chi connectivity index (χ2n) is 33.9. The number of hydrogen-bond donors (Lipinski definition) is 2. The van der Waals surface area contributed by atoms with E-state index < -0.39 is 11.5 Å². The molecule has 2 aromatic heterocycles. The van der Waals surface area contributed by atoms with Crippen LogP contribution in [0.4, 0.5) is 34.1 Å². The van der Waals surface area contributed by atoms with Crippen LogP contribution < -0.4 is 60.0 Å². The second-order valence-corrected chi connectivity index (χ2v) is 35.8. The van der Waals surface area contributed by atoms with Crippen LogP contribution in [-0.2, 0) is 35.2 Å². The van der Waals surface area contributed by atoms with Crippen LogP contribution in [0.3, 0.4) is 0 Å². The molecule has 0 fully saturated rings. The van der Waals surface area contributed by atoms with Crippen molar-refractivity contribution in [2.75, 3.05) is 77.3 Å². The Bertz CT molecular complexity index is 7550. The Morgan fingerprint density at radius 1 is 0.517 bits per heavy atom. The number of hydrogen-bond acceptors (Lipinski definition) is 20. The molecule has 0 saturated heterocycles. The number of methoxy groups -OCH3 is 2. The van der Waals surface area contributed by atoms with Crippen molar-refractivity contribution < 1.29 is 61.8 Å². The molecule has 0 bridgehead atoms. The van der Waals surface area contributed by atoms with E-state index in [0.29, 0.717) is 52.2 Å². The monoisotopic (exact) mass is 1940 g/mol. The van der Waals surface area contributed by atoms with Crippen LogP contribution >= 0.6 is 23.3 Å². The highest BCUT2D eigenvalue weighted by molar-refractivity contribution is 8.00. The molecule has 3 N–H and O–H groups in total. The predicted octanol–water partition coefficient (Wildman–Crippen LogP) is 22.7. The molecule has 4 aliphatic rings. The van der Waals surface area contributed by atoms with E-state index in [9.17, 15) is 43.6 Å². The number of nitrogens with two attached hydrogens (primary N) is 1. The van der Waals surface area contributed by atoms with Gasteiger partial charge in [0.05, 0.1) is 82.7 Å². The number of nitrogens with one attached hydrogen (secondary N) is 1. The number of carbonyl (C=O) groups excluding carboxylic acids is 8. The maximum atomic E-state index is 12.8. The lowest BCUT2D eigenvalue weighted by Gasteiger charge is -2.17. The number of para-hydroxylation sites is 8. The molecule has 26 heteroatoms. The third-order valence-electron chi connectivity index (χ3n) is 24.4. The summed E-state index contributed by atoms with van der Waals surface area (Å²) in [6, 6.07) is 76.8. The van der Waals surface area contributed by atoms with Crippen molar-refractivity contribution in [2.24, 2.45) is 0 Å². The molecule has 14 aromatic rings. The topological polar surface area (TPSA) is 305 Å². The number of amides is 4. The Morgan fingerprint density at radius 3 is 1.70 bits per heavy atom. The average Bonchev–Trinajstić information content (AvgIpc) is 1.27. The van der Waals surface area contributed by atoms with E-state index >= 15 is 0 Å². The summed E-state index contributed by atoms with van der Waals surface area (Å²) in [4.78, 5) is 123. The summed E-state index contributed by atoms with van der Waals surface area (Å²) in [5, 5.41) is 13.6. The van der Waals surface area contributed by atoms with Crippen molar-refractivity contribution in [3.05, 3.63) is 392 Å². The third kappa shape index (κ3) is 25.9. The fourth-order valence-electron chi connectivity index (χ4n) is 15.9. The van der Waals surface area contributed by atoms with Crippen LogP contribution in [0.15, 0.2) is 291 Å². The van der Waals surface area contributed by atoms with Gasteiger partial charge in [-0.05, 0) is 323 Å². The molecular formula is C117H109N9O15S2. The van der Waals surface area contributed by atoms with Crippen LogP contribution in [0.25, 0.3) is 57.8 Å². The van der Waals surface area contributed by atoms with Crippen molar-refractivity contribution in [3.63, 3.8) is 0 Å². The van der Waals surface area contributed by atoms with Crippen molar-refractivity contribution >= 4 is 157 Å². The largest absolute Gasteiger partial charge is 0.496 e. The molecule has 724 valence electrons. The van der Waals surface area contributed by atoms with Gasteiger partial charge in [-0.2, -0.15) is 14.9 Å². The molecule has 0 atom stereocenters. The van der Waals surface area contributed by atoms with E-state index in [-0.39, 0.29) is 59.3 Å². The van der Waals surface area contributed by atoms with E-state index in [1.54, 1.807) is 125 Å². The Labute approximate surface area is 839 Å². The number of rotatable bonds is 16. The van der Waals surface area contributed by atoms with Crippen LogP contribution in [0, 0.1) is 99.8 Å². The fourth-order valence-corrected chi connectivity index (χ4v) is 17.8. The number of carbonyl (C=O) groups is 6. The third-order valence-corrected chi connectivity index (χ3v) is 26.3. The first-order valence-electron chi connectivity index (χ1n) is 45.7.